The van der Waals surface area contributed by atoms with Crippen LogP contribution in [0.1, 0.15) is 40.0 Å². The highest BCUT2D eigenvalue weighted by molar-refractivity contribution is 5.87. The summed E-state index contributed by atoms with van der Waals surface area (Å²) in [7, 11) is 0. The van der Waals surface area contributed by atoms with Crippen molar-refractivity contribution in [3.63, 3.8) is 0 Å². The Labute approximate surface area is 140 Å². The van der Waals surface area contributed by atoms with Gasteiger partial charge in [-0.1, -0.05) is 5.16 Å². The molecule has 2 N–H and O–H groups in total. The Balaban J connectivity index is 1.80. The van der Waals surface area contributed by atoms with E-state index in [1.54, 1.807) is 19.1 Å². The summed E-state index contributed by atoms with van der Waals surface area (Å²) in [5.41, 5.74) is -0.345. The number of nitrogens with zero attached hydrogens (tertiary/aromatic N) is 2. The molecule has 0 fully saturated rings. The fourth-order valence-electron chi connectivity index (χ4n) is 1.94. The van der Waals surface area contributed by atoms with Crippen LogP contribution < -0.4 is 10.6 Å². The number of furan rings is 1. The van der Waals surface area contributed by atoms with Crippen LogP contribution in [0.15, 0.2) is 27.3 Å². The van der Waals surface area contributed by atoms with E-state index in [1.165, 1.54) is 6.26 Å². The van der Waals surface area contributed by atoms with Crippen LogP contribution in [-0.4, -0.2) is 33.5 Å². The van der Waals surface area contributed by atoms with Crippen LogP contribution in [0, 0.1) is 0 Å². The van der Waals surface area contributed by atoms with Gasteiger partial charge in [-0.05, 0) is 39.8 Å². The lowest BCUT2D eigenvalue weighted by atomic mass is 10.1. The van der Waals surface area contributed by atoms with E-state index in [2.05, 4.69) is 20.8 Å². The third-order valence-corrected chi connectivity index (χ3v) is 3.04. The number of amides is 2. The molecule has 0 saturated heterocycles. The maximum atomic E-state index is 11.9. The third kappa shape index (κ3) is 5.22. The van der Waals surface area contributed by atoms with E-state index >= 15 is 0 Å². The van der Waals surface area contributed by atoms with Gasteiger partial charge in [0.15, 0.2) is 5.76 Å². The lowest BCUT2D eigenvalue weighted by Gasteiger charge is -2.23. The van der Waals surface area contributed by atoms with E-state index in [4.69, 9.17) is 8.94 Å². The van der Waals surface area contributed by atoms with Gasteiger partial charge < -0.3 is 19.6 Å². The number of nitrogens with one attached hydrogen (secondary N) is 2. The minimum Gasteiger partial charge on any atom is -0.461 e. The normalized spacial score (nSPS) is 12.7. The predicted molar refractivity (Wildman–Crippen MR) is 85.8 cm³/mol. The highest BCUT2D eigenvalue weighted by atomic mass is 16.5. The molecule has 8 nitrogen and oxygen atoms in total. The Bertz CT molecular complexity index is 685. The summed E-state index contributed by atoms with van der Waals surface area (Å²) in [5, 5.41) is 9.25. The second-order valence-electron chi connectivity index (χ2n) is 6.52. The minimum absolute atomic E-state index is 0.146. The number of rotatable bonds is 6. The largest absolute Gasteiger partial charge is 0.461 e. The molecule has 0 aliphatic carbocycles. The summed E-state index contributed by atoms with van der Waals surface area (Å²) in [6.07, 6.45) is 1.95. The molecular weight excluding hydrogens is 312 g/mol. The van der Waals surface area contributed by atoms with Crippen molar-refractivity contribution < 1.29 is 18.5 Å². The zero-order valence-electron chi connectivity index (χ0n) is 14.3. The van der Waals surface area contributed by atoms with Crippen molar-refractivity contribution in [3.05, 3.63) is 24.3 Å². The quantitative estimate of drug-likeness (QED) is 0.831. The Kier molecular flexibility index (Phi) is 5.38. The van der Waals surface area contributed by atoms with Crippen LogP contribution in [-0.2, 0) is 16.0 Å². The van der Waals surface area contributed by atoms with Gasteiger partial charge in [0, 0.05) is 18.4 Å². The molecule has 2 heterocycles. The van der Waals surface area contributed by atoms with Crippen molar-refractivity contribution in [2.24, 2.45) is 0 Å². The molecule has 1 atom stereocenters. The molecule has 0 spiro atoms. The van der Waals surface area contributed by atoms with Crippen molar-refractivity contribution in [1.82, 2.24) is 20.8 Å². The molecule has 130 valence electrons. The lowest BCUT2D eigenvalue weighted by Crippen LogP contribution is -2.50. The van der Waals surface area contributed by atoms with Gasteiger partial charge in [0.2, 0.25) is 23.5 Å². The van der Waals surface area contributed by atoms with Crippen LogP contribution in [0.5, 0.6) is 0 Å². The topological polar surface area (TPSA) is 110 Å². The molecule has 0 aliphatic heterocycles. The Morgan fingerprint density at radius 1 is 1.33 bits per heavy atom. The number of carbonyl (C=O) groups excluding carboxylic acids is 2. The Morgan fingerprint density at radius 3 is 2.71 bits per heavy atom. The molecular formula is C16H22N4O4. The van der Waals surface area contributed by atoms with Gasteiger partial charge in [0.1, 0.15) is 6.04 Å². The van der Waals surface area contributed by atoms with Crippen LogP contribution >= 0.6 is 0 Å². The van der Waals surface area contributed by atoms with Gasteiger partial charge in [0.05, 0.1) is 6.26 Å². The molecule has 0 bridgehead atoms. The summed E-state index contributed by atoms with van der Waals surface area (Å²) in [5.74, 6) is 0.691. The fourth-order valence-corrected chi connectivity index (χ4v) is 1.94. The van der Waals surface area contributed by atoms with E-state index < -0.39 is 6.04 Å². The zero-order valence-corrected chi connectivity index (χ0v) is 14.3. The summed E-state index contributed by atoms with van der Waals surface area (Å²) < 4.78 is 10.2. The van der Waals surface area contributed by atoms with Crippen molar-refractivity contribution in [2.45, 2.75) is 52.1 Å². The standard InChI is InChI=1S/C16H22N4O4/c1-10(15(22)19-16(2,3)4)17-12(21)7-8-13-18-14(20-24-13)11-6-5-9-23-11/h5-6,9-10H,7-8H2,1-4H3,(H,17,21)(H,19,22). The van der Waals surface area contributed by atoms with Crippen molar-refractivity contribution in [1.29, 1.82) is 0 Å². The number of hydrogen-bond acceptors (Lipinski definition) is 6. The molecule has 2 aromatic heterocycles. The zero-order chi connectivity index (χ0) is 17.7. The van der Waals surface area contributed by atoms with Crippen LogP contribution in [0.4, 0.5) is 0 Å². The van der Waals surface area contributed by atoms with Crippen molar-refractivity contribution in [2.75, 3.05) is 0 Å². The van der Waals surface area contributed by atoms with E-state index in [0.717, 1.165) is 0 Å². The molecule has 2 amide bonds. The SMILES string of the molecule is CC(NC(=O)CCc1nc(-c2ccco2)no1)C(=O)NC(C)(C)C. The minimum atomic E-state index is -0.613. The van der Waals surface area contributed by atoms with Crippen molar-refractivity contribution in [3.8, 4) is 11.6 Å². The van der Waals surface area contributed by atoms with Gasteiger partial charge in [0.25, 0.3) is 0 Å². The second-order valence-corrected chi connectivity index (χ2v) is 6.52. The third-order valence-electron chi connectivity index (χ3n) is 3.04. The number of carbonyl (C=O) groups is 2. The predicted octanol–water partition coefficient (Wildman–Crippen LogP) is 1.68. The molecule has 8 heteroatoms. The molecule has 24 heavy (non-hydrogen) atoms. The van der Waals surface area contributed by atoms with Crippen LogP contribution in [0.3, 0.4) is 0 Å². The maximum Gasteiger partial charge on any atom is 0.242 e. The first kappa shape index (κ1) is 17.7. The van der Waals surface area contributed by atoms with E-state index in [1.807, 2.05) is 20.8 Å². The summed E-state index contributed by atoms with van der Waals surface area (Å²) >= 11 is 0. The average molecular weight is 334 g/mol. The first-order chi connectivity index (χ1) is 11.2. The number of aromatic nitrogens is 2. The van der Waals surface area contributed by atoms with E-state index in [-0.39, 0.29) is 30.2 Å². The lowest BCUT2D eigenvalue weighted by molar-refractivity contribution is -0.129. The summed E-state index contributed by atoms with van der Waals surface area (Å²) in [6.45, 7) is 7.28. The Morgan fingerprint density at radius 2 is 2.08 bits per heavy atom. The molecule has 0 saturated carbocycles. The number of aryl methyl sites for hydroxylation is 1. The van der Waals surface area contributed by atoms with Crippen molar-refractivity contribution >= 4 is 11.8 Å². The average Bonchev–Trinajstić information content (AvgIpc) is 3.14. The van der Waals surface area contributed by atoms with Gasteiger partial charge in [-0.15, -0.1) is 0 Å². The monoisotopic (exact) mass is 334 g/mol. The smallest absolute Gasteiger partial charge is 0.242 e. The molecule has 2 rings (SSSR count). The Hall–Kier alpha value is -2.64. The second kappa shape index (κ2) is 7.29. The first-order valence-electron chi connectivity index (χ1n) is 7.72. The highest BCUT2D eigenvalue weighted by Gasteiger charge is 2.21. The van der Waals surface area contributed by atoms with Gasteiger partial charge >= 0.3 is 0 Å². The summed E-state index contributed by atoms with van der Waals surface area (Å²) in [6, 6.07) is 2.83. The van der Waals surface area contributed by atoms with E-state index in [0.29, 0.717) is 17.5 Å². The van der Waals surface area contributed by atoms with Crippen LogP contribution in [0.25, 0.3) is 11.6 Å². The molecule has 1 unspecified atom stereocenters. The first-order valence-corrected chi connectivity index (χ1v) is 7.72. The molecule has 2 aromatic rings. The molecule has 0 radical (unpaired) electrons. The van der Waals surface area contributed by atoms with Crippen LogP contribution in [0.2, 0.25) is 0 Å². The fraction of sp³-hybridized carbons (Fsp3) is 0.500. The van der Waals surface area contributed by atoms with Gasteiger partial charge in [-0.25, -0.2) is 0 Å². The van der Waals surface area contributed by atoms with E-state index in [9.17, 15) is 9.59 Å². The number of hydrogen-bond donors (Lipinski definition) is 2. The van der Waals surface area contributed by atoms with Gasteiger partial charge in [-0.2, -0.15) is 4.98 Å². The molecule has 0 aromatic carbocycles. The van der Waals surface area contributed by atoms with Gasteiger partial charge in [-0.3, -0.25) is 9.59 Å². The summed E-state index contributed by atoms with van der Waals surface area (Å²) in [4.78, 5) is 28.0. The highest BCUT2D eigenvalue weighted by Crippen LogP contribution is 2.16. The maximum absolute atomic E-state index is 11.9. The molecule has 0 aliphatic rings.